The summed E-state index contributed by atoms with van der Waals surface area (Å²) >= 11 is 0. The predicted molar refractivity (Wildman–Crippen MR) is 76.5 cm³/mol. The van der Waals surface area contributed by atoms with Gasteiger partial charge in [0.15, 0.2) is 0 Å². The molecule has 0 saturated heterocycles. The van der Waals surface area contributed by atoms with Crippen molar-refractivity contribution >= 4 is 0 Å². The molecule has 0 radical (unpaired) electrons. The molecule has 18 heavy (non-hydrogen) atoms. The van der Waals surface area contributed by atoms with Crippen molar-refractivity contribution in [2.45, 2.75) is 52.1 Å². The fraction of sp³-hybridized carbons (Fsp3) is 0.867. The molecule has 0 rings (SSSR count). The van der Waals surface area contributed by atoms with Crippen LogP contribution in [0, 0.1) is 18.3 Å². The quantitative estimate of drug-likeness (QED) is 0.415. The second kappa shape index (κ2) is 12.9. The van der Waals surface area contributed by atoms with E-state index in [1.807, 2.05) is 0 Å². The molecule has 2 N–H and O–H groups in total. The van der Waals surface area contributed by atoms with Gasteiger partial charge in [0.2, 0.25) is 0 Å². The third-order valence-corrected chi connectivity index (χ3v) is 2.69. The largest absolute Gasteiger partial charge is 0.389 e. The normalized spacial score (nSPS) is 12.6. The van der Waals surface area contributed by atoms with E-state index in [0.717, 1.165) is 44.8 Å². The number of terminal acetylenes is 1. The molecule has 1 unspecified atom stereocenters. The molecule has 106 valence electrons. The maximum absolute atomic E-state index is 9.64. The maximum atomic E-state index is 9.64. The van der Waals surface area contributed by atoms with Crippen molar-refractivity contribution in [2.24, 2.45) is 5.92 Å². The summed E-state index contributed by atoms with van der Waals surface area (Å²) in [5.41, 5.74) is 0. The van der Waals surface area contributed by atoms with E-state index < -0.39 is 6.10 Å². The number of rotatable bonds is 12. The van der Waals surface area contributed by atoms with Crippen molar-refractivity contribution in [3.8, 4) is 12.3 Å². The van der Waals surface area contributed by atoms with Crippen LogP contribution in [0.3, 0.4) is 0 Å². The number of ether oxygens (including phenoxy) is 1. The highest BCUT2D eigenvalue weighted by molar-refractivity contribution is 4.82. The van der Waals surface area contributed by atoms with Gasteiger partial charge >= 0.3 is 0 Å². The number of unbranched alkanes of at least 4 members (excludes halogenated alkanes) is 2. The van der Waals surface area contributed by atoms with Crippen LogP contribution in [-0.4, -0.2) is 37.5 Å². The zero-order chi connectivity index (χ0) is 13.6. The van der Waals surface area contributed by atoms with Crippen molar-refractivity contribution in [3.63, 3.8) is 0 Å². The van der Waals surface area contributed by atoms with E-state index in [0.29, 0.717) is 13.2 Å². The van der Waals surface area contributed by atoms with Crippen LogP contribution in [0.15, 0.2) is 0 Å². The molecule has 0 aliphatic heterocycles. The molecule has 0 spiro atoms. The minimum atomic E-state index is -0.406. The van der Waals surface area contributed by atoms with Gasteiger partial charge in [0.1, 0.15) is 0 Å². The number of aliphatic hydroxyl groups is 1. The van der Waals surface area contributed by atoms with Gasteiger partial charge in [-0.25, -0.2) is 0 Å². The Balaban J connectivity index is 3.17. The molecule has 3 heteroatoms. The number of nitrogens with one attached hydrogen (secondary N) is 1. The average Bonchev–Trinajstić information content (AvgIpc) is 2.33. The van der Waals surface area contributed by atoms with E-state index in [1.165, 1.54) is 6.42 Å². The third-order valence-electron chi connectivity index (χ3n) is 2.69. The van der Waals surface area contributed by atoms with Crippen LogP contribution in [0.1, 0.15) is 46.0 Å². The first kappa shape index (κ1) is 17.4. The second-order valence-corrected chi connectivity index (χ2v) is 5.13. The average molecular weight is 255 g/mol. The molecule has 0 aromatic carbocycles. The Hall–Kier alpha value is -0.560. The van der Waals surface area contributed by atoms with Crippen LogP contribution in [0.4, 0.5) is 0 Å². The Kier molecular flexibility index (Phi) is 12.5. The highest BCUT2D eigenvalue weighted by atomic mass is 16.5. The van der Waals surface area contributed by atoms with Crippen LogP contribution in [-0.2, 0) is 4.74 Å². The van der Waals surface area contributed by atoms with Gasteiger partial charge in [0, 0.05) is 19.6 Å². The zero-order valence-corrected chi connectivity index (χ0v) is 12.0. The Bertz CT molecular complexity index is 211. The van der Waals surface area contributed by atoms with Gasteiger partial charge in [0.05, 0.1) is 12.7 Å². The first-order valence-electron chi connectivity index (χ1n) is 7.06. The molecule has 0 saturated carbocycles. The highest BCUT2D eigenvalue weighted by Gasteiger charge is 2.03. The van der Waals surface area contributed by atoms with Crippen molar-refractivity contribution in [3.05, 3.63) is 0 Å². The first-order chi connectivity index (χ1) is 8.66. The van der Waals surface area contributed by atoms with E-state index >= 15 is 0 Å². The Labute approximate surface area is 112 Å². The molecule has 0 aliphatic rings. The van der Waals surface area contributed by atoms with Gasteiger partial charge in [-0.15, -0.1) is 12.3 Å². The van der Waals surface area contributed by atoms with E-state index in [4.69, 9.17) is 11.2 Å². The molecular weight excluding hydrogens is 226 g/mol. The fourth-order valence-electron chi connectivity index (χ4n) is 1.62. The standard InChI is InChI=1S/C15H29NO2/c1-4-5-6-7-10-16-12-15(17)13-18-11-8-9-14(2)3/h1,14-17H,5-13H2,2-3H3. The van der Waals surface area contributed by atoms with Crippen molar-refractivity contribution in [2.75, 3.05) is 26.3 Å². The van der Waals surface area contributed by atoms with E-state index in [1.54, 1.807) is 0 Å². The van der Waals surface area contributed by atoms with Crippen molar-refractivity contribution < 1.29 is 9.84 Å². The SMILES string of the molecule is C#CCCCCNCC(O)COCCCC(C)C. The van der Waals surface area contributed by atoms with Crippen molar-refractivity contribution in [1.29, 1.82) is 0 Å². The Morgan fingerprint density at radius 2 is 2.06 bits per heavy atom. The van der Waals surface area contributed by atoms with Crippen LogP contribution in [0.5, 0.6) is 0 Å². The molecule has 1 atom stereocenters. The molecule has 0 fully saturated rings. The highest BCUT2D eigenvalue weighted by Crippen LogP contribution is 2.03. The summed E-state index contributed by atoms with van der Waals surface area (Å²) in [5, 5.41) is 12.8. The molecule has 0 amide bonds. The van der Waals surface area contributed by atoms with Crippen LogP contribution < -0.4 is 5.32 Å². The Morgan fingerprint density at radius 3 is 2.72 bits per heavy atom. The number of aliphatic hydroxyl groups excluding tert-OH is 1. The molecule has 0 heterocycles. The van der Waals surface area contributed by atoms with E-state index in [9.17, 15) is 5.11 Å². The summed E-state index contributed by atoms with van der Waals surface area (Å²) in [6.45, 7) is 7.09. The lowest BCUT2D eigenvalue weighted by atomic mass is 10.1. The third kappa shape index (κ3) is 13.5. The smallest absolute Gasteiger partial charge is 0.0897 e. The van der Waals surface area contributed by atoms with Crippen molar-refractivity contribution in [1.82, 2.24) is 5.32 Å². The minimum Gasteiger partial charge on any atom is -0.389 e. The summed E-state index contributed by atoms with van der Waals surface area (Å²) in [4.78, 5) is 0. The topological polar surface area (TPSA) is 41.5 Å². The summed E-state index contributed by atoms with van der Waals surface area (Å²) in [6, 6.07) is 0. The lowest BCUT2D eigenvalue weighted by molar-refractivity contribution is 0.0348. The molecule has 3 nitrogen and oxygen atoms in total. The lowest BCUT2D eigenvalue weighted by Gasteiger charge is -2.12. The zero-order valence-electron chi connectivity index (χ0n) is 12.0. The van der Waals surface area contributed by atoms with E-state index in [2.05, 4.69) is 25.1 Å². The molecule has 0 aromatic rings. The Morgan fingerprint density at radius 1 is 1.28 bits per heavy atom. The molecular formula is C15H29NO2. The van der Waals surface area contributed by atoms with Crippen LogP contribution >= 0.6 is 0 Å². The van der Waals surface area contributed by atoms with Gasteiger partial charge < -0.3 is 15.2 Å². The summed E-state index contributed by atoms with van der Waals surface area (Å²) in [5.74, 6) is 3.34. The molecule has 0 aliphatic carbocycles. The fourth-order valence-corrected chi connectivity index (χ4v) is 1.62. The molecule has 0 aromatic heterocycles. The lowest BCUT2D eigenvalue weighted by Crippen LogP contribution is -2.31. The number of hydrogen-bond donors (Lipinski definition) is 2. The van der Waals surface area contributed by atoms with Gasteiger partial charge in [-0.1, -0.05) is 13.8 Å². The van der Waals surface area contributed by atoms with E-state index in [-0.39, 0.29) is 0 Å². The predicted octanol–water partition coefficient (Wildman–Crippen LogP) is 2.19. The second-order valence-electron chi connectivity index (χ2n) is 5.13. The molecule has 0 bridgehead atoms. The summed E-state index contributed by atoms with van der Waals surface area (Å²) in [6.07, 6.45) is 9.96. The monoisotopic (exact) mass is 255 g/mol. The van der Waals surface area contributed by atoms with Crippen LogP contribution in [0.25, 0.3) is 0 Å². The number of hydrogen-bond acceptors (Lipinski definition) is 3. The van der Waals surface area contributed by atoms with Gasteiger partial charge in [-0.3, -0.25) is 0 Å². The van der Waals surface area contributed by atoms with Gasteiger partial charge in [-0.2, -0.15) is 0 Å². The maximum Gasteiger partial charge on any atom is 0.0897 e. The van der Waals surface area contributed by atoms with Gasteiger partial charge in [0.25, 0.3) is 0 Å². The summed E-state index contributed by atoms with van der Waals surface area (Å²) in [7, 11) is 0. The minimum absolute atomic E-state index is 0.406. The van der Waals surface area contributed by atoms with Gasteiger partial charge in [-0.05, 0) is 38.1 Å². The summed E-state index contributed by atoms with van der Waals surface area (Å²) < 4.78 is 5.42. The first-order valence-corrected chi connectivity index (χ1v) is 7.06. The van der Waals surface area contributed by atoms with Crippen LogP contribution in [0.2, 0.25) is 0 Å².